The maximum absolute atomic E-state index is 13.0. The second-order valence-electron chi connectivity index (χ2n) is 7.63. The van der Waals surface area contributed by atoms with Crippen molar-refractivity contribution in [1.29, 1.82) is 0 Å². The number of aromatic nitrogens is 3. The van der Waals surface area contributed by atoms with Crippen LogP contribution in [0.1, 0.15) is 55.4 Å². The highest BCUT2D eigenvalue weighted by Gasteiger charge is 2.33. The highest BCUT2D eigenvalue weighted by atomic mass is 16.5. The van der Waals surface area contributed by atoms with Gasteiger partial charge >= 0.3 is 6.03 Å². The lowest BCUT2D eigenvalue weighted by molar-refractivity contribution is 0.144. The van der Waals surface area contributed by atoms with Crippen LogP contribution in [0.3, 0.4) is 0 Å². The number of hydrogen-bond donors (Lipinski definition) is 2. The summed E-state index contributed by atoms with van der Waals surface area (Å²) < 4.78 is 7.79. The Morgan fingerprint density at radius 2 is 2.03 bits per heavy atom. The Morgan fingerprint density at radius 1 is 1.17 bits per heavy atom. The van der Waals surface area contributed by atoms with Gasteiger partial charge in [0.05, 0.1) is 12.6 Å². The SMILES string of the molecule is O=C(NCc1ccccc1OCCO)N1CCCCC1c1nnc2n1CCCC2. The molecule has 0 saturated carbocycles. The lowest BCUT2D eigenvalue weighted by Gasteiger charge is -2.35. The van der Waals surface area contributed by atoms with E-state index in [4.69, 9.17) is 9.84 Å². The number of aliphatic hydroxyl groups is 1. The molecule has 1 aromatic heterocycles. The molecule has 0 aliphatic carbocycles. The number of para-hydroxylation sites is 1. The first-order chi connectivity index (χ1) is 14.3. The Labute approximate surface area is 170 Å². The van der Waals surface area contributed by atoms with E-state index < -0.39 is 0 Å². The van der Waals surface area contributed by atoms with Crippen molar-refractivity contribution in [2.24, 2.45) is 0 Å². The smallest absolute Gasteiger partial charge is 0.318 e. The molecule has 1 fully saturated rings. The van der Waals surface area contributed by atoms with Gasteiger partial charge in [0.1, 0.15) is 18.2 Å². The number of carbonyl (C=O) groups is 1. The highest BCUT2D eigenvalue weighted by molar-refractivity contribution is 5.74. The summed E-state index contributed by atoms with van der Waals surface area (Å²) in [4.78, 5) is 15.0. The Bertz CT molecular complexity index is 837. The zero-order chi connectivity index (χ0) is 20.1. The minimum absolute atomic E-state index is 0.0241. The zero-order valence-electron chi connectivity index (χ0n) is 16.7. The third-order valence-electron chi connectivity index (χ3n) is 5.70. The summed E-state index contributed by atoms with van der Waals surface area (Å²) in [6.07, 6.45) is 6.28. The van der Waals surface area contributed by atoms with Gasteiger partial charge in [-0.25, -0.2) is 4.79 Å². The van der Waals surface area contributed by atoms with Crippen LogP contribution < -0.4 is 10.1 Å². The summed E-state index contributed by atoms with van der Waals surface area (Å²) in [6, 6.07) is 7.47. The molecule has 0 bridgehead atoms. The molecule has 0 spiro atoms. The van der Waals surface area contributed by atoms with Crippen molar-refractivity contribution < 1.29 is 14.6 Å². The van der Waals surface area contributed by atoms with E-state index in [1.807, 2.05) is 29.2 Å². The van der Waals surface area contributed by atoms with E-state index >= 15 is 0 Å². The van der Waals surface area contributed by atoms with E-state index in [1.54, 1.807) is 0 Å². The fraction of sp³-hybridized carbons (Fsp3) is 0.571. The van der Waals surface area contributed by atoms with Gasteiger partial charge in [-0.2, -0.15) is 0 Å². The predicted molar refractivity (Wildman–Crippen MR) is 108 cm³/mol. The van der Waals surface area contributed by atoms with Crippen molar-refractivity contribution in [3.63, 3.8) is 0 Å². The first kappa shape index (κ1) is 19.7. The van der Waals surface area contributed by atoms with Crippen LogP contribution in [-0.4, -0.2) is 50.6 Å². The zero-order valence-corrected chi connectivity index (χ0v) is 16.7. The van der Waals surface area contributed by atoms with Gasteiger partial charge in [0.25, 0.3) is 0 Å². The molecule has 29 heavy (non-hydrogen) atoms. The van der Waals surface area contributed by atoms with Crippen LogP contribution >= 0.6 is 0 Å². The van der Waals surface area contributed by atoms with Crippen LogP contribution in [0.2, 0.25) is 0 Å². The number of amides is 2. The van der Waals surface area contributed by atoms with Gasteiger partial charge in [0.15, 0.2) is 5.82 Å². The molecule has 1 aromatic carbocycles. The van der Waals surface area contributed by atoms with Gasteiger partial charge in [0, 0.05) is 31.6 Å². The largest absolute Gasteiger partial charge is 0.491 e. The second kappa shape index (κ2) is 9.26. The van der Waals surface area contributed by atoms with Crippen LogP contribution in [0.25, 0.3) is 0 Å². The molecule has 1 unspecified atom stereocenters. The summed E-state index contributed by atoms with van der Waals surface area (Å²) in [5.41, 5.74) is 0.891. The molecule has 8 heteroatoms. The van der Waals surface area contributed by atoms with Crippen molar-refractivity contribution in [3.8, 4) is 5.75 Å². The van der Waals surface area contributed by atoms with Crippen molar-refractivity contribution in [2.45, 2.75) is 57.7 Å². The lowest BCUT2D eigenvalue weighted by atomic mass is 10.0. The highest BCUT2D eigenvalue weighted by Crippen LogP contribution is 2.31. The summed E-state index contributed by atoms with van der Waals surface area (Å²) in [6.45, 7) is 2.23. The van der Waals surface area contributed by atoms with Crippen molar-refractivity contribution in [1.82, 2.24) is 25.0 Å². The van der Waals surface area contributed by atoms with Crippen molar-refractivity contribution in [2.75, 3.05) is 19.8 Å². The number of likely N-dealkylation sites (tertiary alicyclic amines) is 1. The standard InChI is InChI=1S/C21H29N5O3/c27-13-14-29-18-9-2-1-7-16(18)15-22-21(28)25-11-5-3-8-17(25)20-24-23-19-10-4-6-12-26(19)20/h1-2,7,9,17,27H,3-6,8,10-15H2,(H,22,28). The number of aryl methyl sites for hydroxylation is 1. The van der Waals surface area contributed by atoms with Gasteiger partial charge in [0.2, 0.25) is 0 Å². The average Bonchev–Trinajstić information content (AvgIpc) is 3.20. The number of benzene rings is 1. The minimum atomic E-state index is -0.0835. The molecule has 2 aromatic rings. The van der Waals surface area contributed by atoms with Crippen molar-refractivity contribution >= 4 is 6.03 Å². The monoisotopic (exact) mass is 399 g/mol. The quantitative estimate of drug-likeness (QED) is 0.778. The molecule has 8 nitrogen and oxygen atoms in total. The van der Waals surface area contributed by atoms with E-state index in [0.29, 0.717) is 12.3 Å². The Kier molecular flexibility index (Phi) is 6.29. The maximum Gasteiger partial charge on any atom is 0.318 e. The Balaban J connectivity index is 1.45. The number of rotatable bonds is 6. The third kappa shape index (κ3) is 4.37. The van der Waals surface area contributed by atoms with Crippen LogP contribution in [0, 0.1) is 0 Å². The molecular formula is C21H29N5O3. The number of piperidine rings is 1. The van der Waals surface area contributed by atoms with Crippen molar-refractivity contribution in [3.05, 3.63) is 41.5 Å². The molecular weight excluding hydrogens is 370 g/mol. The molecule has 156 valence electrons. The Morgan fingerprint density at radius 3 is 2.93 bits per heavy atom. The fourth-order valence-corrected chi connectivity index (χ4v) is 4.24. The van der Waals surface area contributed by atoms with E-state index in [2.05, 4.69) is 20.1 Å². The van der Waals surface area contributed by atoms with Crippen LogP contribution in [0.4, 0.5) is 4.79 Å². The molecule has 0 radical (unpaired) electrons. The molecule has 2 N–H and O–H groups in total. The van der Waals surface area contributed by atoms with Crippen LogP contribution in [-0.2, 0) is 19.5 Å². The van der Waals surface area contributed by atoms with E-state index in [-0.39, 0.29) is 25.3 Å². The summed E-state index contributed by atoms with van der Waals surface area (Å²) in [7, 11) is 0. The number of aliphatic hydroxyl groups excluding tert-OH is 1. The molecule has 2 aliphatic rings. The number of nitrogens with zero attached hydrogens (tertiary/aromatic N) is 4. The molecule has 1 atom stereocenters. The summed E-state index contributed by atoms with van der Waals surface area (Å²) in [5.74, 6) is 2.66. The molecule has 2 amide bonds. The van der Waals surface area contributed by atoms with E-state index in [0.717, 1.165) is 68.8 Å². The summed E-state index contributed by atoms with van der Waals surface area (Å²) in [5, 5.41) is 20.9. The molecule has 1 saturated heterocycles. The normalized spacial score (nSPS) is 18.9. The first-order valence-electron chi connectivity index (χ1n) is 10.6. The number of nitrogens with one attached hydrogen (secondary N) is 1. The number of carbonyl (C=O) groups excluding carboxylic acids is 1. The van der Waals surface area contributed by atoms with Gasteiger partial charge in [-0.05, 0) is 38.2 Å². The Hall–Kier alpha value is -2.61. The van der Waals surface area contributed by atoms with Crippen LogP contribution in [0.5, 0.6) is 5.75 Å². The summed E-state index contributed by atoms with van der Waals surface area (Å²) >= 11 is 0. The maximum atomic E-state index is 13.0. The van der Waals surface area contributed by atoms with Gasteiger partial charge in [-0.15, -0.1) is 10.2 Å². The van der Waals surface area contributed by atoms with Gasteiger partial charge in [-0.3, -0.25) is 0 Å². The lowest BCUT2D eigenvalue weighted by Crippen LogP contribution is -2.45. The van der Waals surface area contributed by atoms with Crippen LogP contribution in [0.15, 0.2) is 24.3 Å². The first-order valence-corrected chi connectivity index (χ1v) is 10.6. The molecule has 4 rings (SSSR count). The molecule has 2 aliphatic heterocycles. The number of ether oxygens (including phenoxy) is 1. The number of urea groups is 1. The topological polar surface area (TPSA) is 92.5 Å². The predicted octanol–water partition coefficient (Wildman–Crippen LogP) is 2.42. The average molecular weight is 399 g/mol. The fourth-order valence-electron chi connectivity index (χ4n) is 4.24. The minimum Gasteiger partial charge on any atom is -0.491 e. The third-order valence-corrected chi connectivity index (χ3v) is 5.70. The van der Waals surface area contributed by atoms with Gasteiger partial charge < -0.3 is 24.6 Å². The van der Waals surface area contributed by atoms with E-state index in [9.17, 15) is 4.79 Å². The van der Waals surface area contributed by atoms with E-state index in [1.165, 1.54) is 0 Å². The second-order valence-corrected chi connectivity index (χ2v) is 7.63. The molecule has 3 heterocycles. The number of fused-ring (bicyclic) bond motifs is 1. The number of hydrogen-bond acceptors (Lipinski definition) is 5. The van der Waals surface area contributed by atoms with Gasteiger partial charge in [-0.1, -0.05) is 18.2 Å².